The predicted octanol–water partition coefficient (Wildman–Crippen LogP) is 0.920. The van der Waals surface area contributed by atoms with E-state index in [1.54, 1.807) is 4.31 Å². The Morgan fingerprint density at radius 3 is 2.62 bits per heavy atom. The average Bonchev–Trinajstić information content (AvgIpc) is 2.44. The maximum Gasteiger partial charge on any atom is 0.214 e. The zero-order valence-electron chi connectivity index (χ0n) is 10.1. The van der Waals surface area contributed by atoms with Crippen LogP contribution in [0.1, 0.15) is 19.8 Å². The first-order chi connectivity index (χ1) is 7.60. The molecule has 0 atom stereocenters. The van der Waals surface area contributed by atoms with Gasteiger partial charge in [-0.15, -0.1) is 6.58 Å². The highest BCUT2D eigenvalue weighted by Crippen LogP contribution is 2.09. The molecule has 4 nitrogen and oxygen atoms in total. The third-order valence-corrected chi connectivity index (χ3v) is 4.87. The van der Waals surface area contributed by atoms with E-state index in [-0.39, 0.29) is 5.75 Å². The number of nitrogens with zero attached hydrogens (tertiary/aromatic N) is 2. The summed E-state index contributed by atoms with van der Waals surface area (Å²) in [6.07, 6.45) is 3.47. The van der Waals surface area contributed by atoms with Crippen LogP contribution in [0, 0.1) is 0 Å². The van der Waals surface area contributed by atoms with Gasteiger partial charge in [-0.1, -0.05) is 13.0 Å². The van der Waals surface area contributed by atoms with Crippen LogP contribution in [0.2, 0.25) is 0 Å². The zero-order valence-corrected chi connectivity index (χ0v) is 10.9. The maximum atomic E-state index is 11.9. The quantitative estimate of drug-likeness (QED) is 0.677. The Bertz CT molecular complexity index is 314. The van der Waals surface area contributed by atoms with E-state index in [0.717, 1.165) is 26.1 Å². The van der Waals surface area contributed by atoms with E-state index in [9.17, 15) is 8.42 Å². The number of hydrogen-bond acceptors (Lipinski definition) is 3. The monoisotopic (exact) mass is 246 g/mol. The molecule has 1 heterocycles. The second-order valence-electron chi connectivity index (χ2n) is 4.16. The molecule has 0 aromatic carbocycles. The standard InChI is InChI=1S/C11H22N2O2S/c1-3-6-12-7-5-8-13(10-9-12)16(14,15)11-4-2/h3H,1,4-11H2,2H3. The van der Waals surface area contributed by atoms with E-state index in [0.29, 0.717) is 19.5 Å². The van der Waals surface area contributed by atoms with Crippen LogP contribution in [0.25, 0.3) is 0 Å². The molecule has 16 heavy (non-hydrogen) atoms. The molecule has 1 rings (SSSR count). The Morgan fingerprint density at radius 2 is 2.00 bits per heavy atom. The number of sulfonamides is 1. The fraction of sp³-hybridized carbons (Fsp3) is 0.818. The first kappa shape index (κ1) is 13.7. The first-order valence-electron chi connectivity index (χ1n) is 5.91. The normalized spacial score (nSPS) is 20.6. The number of hydrogen-bond donors (Lipinski definition) is 0. The highest BCUT2D eigenvalue weighted by molar-refractivity contribution is 7.89. The van der Waals surface area contributed by atoms with E-state index < -0.39 is 10.0 Å². The van der Waals surface area contributed by atoms with E-state index in [1.165, 1.54) is 0 Å². The zero-order chi connectivity index (χ0) is 12.0. The van der Waals surface area contributed by atoms with Crippen molar-refractivity contribution in [3.05, 3.63) is 12.7 Å². The van der Waals surface area contributed by atoms with Gasteiger partial charge in [0.05, 0.1) is 5.75 Å². The van der Waals surface area contributed by atoms with Crippen molar-refractivity contribution in [3.63, 3.8) is 0 Å². The minimum absolute atomic E-state index is 0.272. The summed E-state index contributed by atoms with van der Waals surface area (Å²) in [6, 6.07) is 0. The average molecular weight is 246 g/mol. The maximum absolute atomic E-state index is 11.9. The Labute approximate surface area is 99.0 Å². The second kappa shape index (κ2) is 6.37. The van der Waals surface area contributed by atoms with Gasteiger partial charge in [0.2, 0.25) is 10.0 Å². The molecule has 0 aliphatic carbocycles. The predicted molar refractivity (Wildman–Crippen MR) is 66.9 cm³/mol. The lowest BCUT2D eigenvalue weighted by Gasteiger charge is -2.20. The van der Waals surface area contributed by atoms with Gasteiger partial charge in [-0.05, 0) is 19.4 Å². The highest BCUT2D eigenvalue weighted by atomic mass is 32.2. The van der Waals surface area contributed by atoms with Gasteiger partial charge in [-0.3, -0.25) is 4.90 Å². The van der Waals surface area contributed by atoms with Crippen LogP contribution in [0.4, 0.5) is 0 Å². The molecule has 0 spiro atoms. The van der Waals surface area contributed by atoms with Crippen LogP contribution in [0.5, 0.6) is 0 Å². The van der Waals surface area contributed by atoms with Crippen LogP contribution >= 0.6 is 0 Å². The van der Waals surface area contributed by atoms with Gasteiger partial charge in [-0.2, -0.15) is 0 Å². The van der Waals surface area contributed by atoms with E-state index in [2.05, 4.69) is 11.5 Å². The highest BCUT2D eigenvalue weighted by Gasteiger charge is 2.23. The summed E-state index contributed by atoms with van der Waals surface area (Å²) in [5.74, 6) is 0.272. The van der Waals surface area contributed by atoms with Crippen molar-refractivity contribution < 1.29 is 8.42 Å². The molecular formula is C11H22N2O2S. The van der Waals surface area contributed by atoms with E-state index >= 15 is 0 Å². The number of rotatable bonds is 5. The van der Waals surface area contributed by atoms with Crippen molar-refractivity contribution >= 4 is 10.0 Å². The Kier molecular flexibility index (Phi) is 5.44. The van der Waals surface area contributed by atoms with Crippen LogP contribution in [-0.2, 0) is 10.0 Å². The Morgan fingerprint density at radius 1 is 1.25 bits per heavy atom. The van der Waals surface area contributed by atoms with Gasteiger partial charge in [0.15, 0.2) is 0 Å². The van der Waals surface area contributed by atoms with Gasteiger partial charge < -0.3 is 0 Å². The molecule has 94 valence electrons. The van der Waals surface area contributed by atoms with Crippen molar-refractivity contribution in [2.24, 2.45) is 0 Å². The topological polar surface area (TPSA) is 40.6 Å². The van der Waals surface area contributed by atoms with Crippen molar-refractivity contribution in [2.45, 2.75) is 19.8 Å². The molecule has 1 aliphatic rings. The summed E-state index contributed by atoms with van der Waals surface area (Å²) in [7, 11) is -3.01. The van der Waals surface area contributed by atoms with Crippen molar-refractivity contribution in [1.82, 2.24) is 9.21 Å². The summed E-state index contributed by atoms with van der Waals surface area (Å²) in [4.78, 5) is 2.24. The lowest BCUT2D eigenvalue weighted by Crippen LogP contribution is -2.36. The molecule has 0 bridgehead atoms. The van der Waals surface area contributed by atoms with Gasteiger partial charge >= 0.3 is 0 Å². The summed E-state index contributed by atoms with van der Waals surface area (Å²) >= 11 is 0. The molecule has 0 aromatic rings. The van der Waals surface area contributed by atoms with Crippen LogP contribution < -0.4 is 0 Å². The van der Waals surface area contributed by atoms with Crippen molar-refractivity contribution in [3.8, 4) is 0 Å². The van der Waals surface area contributed by atoms with Crippen molar-refractivity contribution in [1.29, 1.82) is 0 Å². The fourth-order valence-electron chi connectivity index (χ4n) is 1.98. The molecule has 1 aliphatic heterocycles. The lowest BCUT2D eigenvalue weighted by atomic mass is 10.4. The summed E-state index contributed by atoms with van der Waals surface area (Å²) < 4.78 is 25.4. The van der Waals surface area contributed by atoms with Crippen LogP contribution in [0.15, 0.2) is 12.7 Å². The molecule has 1 saturated heterocycles. The third kappa shape index (κ3) is 3.88. The summed E-state index contributed by atoms with van der Waals surface area (Å²) in [6.45, 7) is 9.52. The molecule has 0 aromatic heterocycles. The molecule has 0 unspecified atom stereocenters. The minimum atomic E-state index is -3.01. The largest absolute Gasteiger partial charge is 0.298 e. The van der Waals surface area contributed by atoms with E-state index in [1.807, 2.05) is 13.0 Å². The van der Waals surface area contributed by atoms with Crippen molar-refractivity contribution in [2.75, 3.05) is 38.5 Å². The molecule has 0 N–H and O–H groups in total. The third-order valence-electron chi connectivity index (χ3n) is 2.79. The van der Waals surface area contributed by atoms with Gasteiger partial charge in [0.25, 0.3) is 0 Å². The summed E-state index contributed by atoms with van der Waals surface area (Å²) in [5.41, 5.74) is 0. The minimum Gasteiger partial charge on any atom is -0.298 e. The molecule has 1 fully saturated rings. The van der Waals surface area contributed by atoms with Gasteiger partial charge in [-0.25, -0.2) is 12.7 Å². The molecule has 0 radical (unpaired) electrons. The Hall–Kier alpha value is -0.390. The van der Waals surface area contributed by atoms with E-state index in [4.69, 9.17) is 0 Å². The Balaban J connectivity index is 2.56. The van der Waals surface area contributed by atoms with Crippen LogP contribution in [-0.4, -0.2) is 56.1 Å². The molecule has 0 saturated carbocycles. The summed E-state index contributed by atoms with van der Waals surface area (Å²) in [5, 5.41) is 0. The fourth-order valence-corrected chi connectivity index (χ4v) is 3.52. The lowest BCUT2D eigenvalue weighted by molar-refractivity contribution is 0.316. The van der Waals surface area contributed by atoms with Gasteiger partial charge in [0.1, 0.15) is 0 Å². The van der Waals surface area contributed by atoms with Crippen LogP contribution in [0.3, 0.4) is 0 Å². The molecule has 5 heteroatoms. The molecule has 0 amide bonds. The smallest absolute Gasteiger partial charge is 0.214 e. The first-order valence-corrected chi connectivity index (χ1v) is 7.52. The second-order valence-corrected chi connectivity index (χ2v) is 6.25. The molecular weight excluding hydrogens is 224 g/mol. The SMILES string of the molecule is C=CCN1CCCN(S(=O)(=O)CCC)CC1. The van der Waals surface area contributed by atoms with Gasteiger partial charge in [0, 0.05) is 26.2 Å².